The van der Waals surface area contributed by atoms with Crippen molar-refractivity contribution in [2.45, 2.75) is 19.8 Å². The molecular weight excluding hydrogens is 281 g/mol. The van der Waals surface area contributed by atoms with E-state index in [9.17, 15) is 14.3 Å². The molecule has 0 aliphatic heterocycles. The van der Waals surface area contributed by atoms with Crippen molar-refractivity contribution in [3.63, 3.8) is 0 Å². The van der Waals surface area contributed by atoms with Crippen LogP contribution in [0, 0.1) is 5.82 Å². The number of aromatic amines is 1. The summed E-state index contributed by atoms with van der Waals surface area (Å²) in [5.74, 6) is -1.24. The third kappa shape index (κ3) is 2.60. The molecule has 3 nitrogen and oxygen atoms in total. The molecule has 2 N–H and O–H groups in total. The van der Waals surface area contributed by atoms with E-state index in [1.54, 1.807) is 12.1 Å². The van der Waals surface area contributed by atoms with Crippen molar-refractivity contribution in [2.24, 2.45) is 0 Å². The molecular formula is C18H16FNO2. The largest absolute Gasteiger partial charge is 0.481 e. The van der Waals surface area contributed by atoms with E-state index in [2.05, 4.69) is 11.9 Å². The topological polar surface area (TPSA) is 53.1 Å². The Kier molecular flexibility index (Phi) is 3.67. The van der Waals surface area contributed by atoms with Gasteiger partial charge in [-0.1, -0.05) is 25.1 Å². The zero-order valence-electron chi connectivity index (χ0n) is 12.2. The minimum absolute atomic E-state index is 0.0982. The van der Waals surface area contributed by atoms with Crippen LogP contribution in [0.3, 0.4) is 0 Å². The molecule has 4 heteroatoms. The lowest BCUT2D eigenvalue weighted by atomic mass is 10.0. The van der Waals surface area contributed by atoms with Crippen molar-refractivity contribution in [1.82, 2.24) is 4.98 Å². The number of carbonyl (C=O) groups is 1. The number of aliphatic carboxylic acids is 1. The smallest absolute Gasteiger partial charge is 0.307 e. The summed E-state index contributed by atoms with van der Waals surface area (Å²) in [5, 5.41) is 10.1. The number of hydrogen-bond acceptors (Lipinski definition) is 1. The number of carboxylic acids is 1. The van der Waals surface area contributed by atoms with Gasteiger partial charge in [0.15, 0.2) is 0 Å². The van der Waals surface area contributed by atoms with Crippen molar-refractivity contribution in [3.8, 4) is 11.3 Å². The number of fused-ring (bicyclic) bond motifs is 1. The number of H-pyrrole nitrogens is 1. The predicted octanol–water partition coefficient (Wildman–Crippen LogP) is 4.16. The number of halogens is 1. The summed E-state index contributed by atoms with van der Waals surface area (Å²) in [6.07, 6.45) is 0.780. The van der Waals surface area contributed by atoms with E-state index in [0.29, 0.717) is 16.8 Å². The van der Waals surface area contributed by atoms with Gasteiger partial charge < -0.3 is 10.1 Å². The summed E-state index contributed by atoms with van der Waals surface area (Å²) in [4.78, 5) is 14.5. The van der Waals surface area contributed by atoms with Gasteiger partial charge in [-0.05, 0) is 41.8 Å². The monoisotopic (exact) mass is 297 g/mol. The zero-order valence-corrected chi connectivity index (χ0v) is 12.2. The van der Waals surface area contributed by atoms with Crippen molar-refractivity contribution in [2.75, 3.05) is 0 Å². The Labute approximate surface area is 127 Å². The maximum absolute atomic E-state index is 13.5. The molecule has 0 saturated carbocycles. The van der Waals surface area contributed by atoms with Gasteiger partial charge in [0.2, 0.25) is 0 Å². The minimum atomic E-state index is -0.902. The van der Waals surface area contributed by atoms with Gasteiger partial charge >= 0.3 is 5.97 Å². The highest BCUT2D eigenvalue weighted by atomic mass is 19.1. The van der Waals surface area contributed by atoms with Gasteiger partial charge in [0.1, 0.15) is 5.82 Å². The second-order valence-electron chi connectivity index (χ2n) is 5.29. The molecule has 3 aromatic rings. The SMILES string of the molecule is CCc1ccc2[nH]c(-c3cccc(F)c3)c(CC(=O)O)c2c1. The lowest BCUT2D eigenvalue weighted by molar-refractivity contribution is -0.136. The van der Waals surface area contributed by atoms with Gasteiger partial charge in [0, 0.05) is 16.5 Å². The highest BCUT2D eigenvalue weighted by Crippen LogP contribution is 2.32. The third-order valence-electron chi connectivity index (χ3n) is 3.82. The molecule has 0 spiro atoms. The van der Waals surface area contributed by atoms with Crippen LogP contribution in [-0.2, 0) is 17.6 Å². The highest BCUT2D eigenvalue weighted by molar-refractivity contribution is 5.94. The average Bonchev–Trinajstić information content (AvgIpc) is 2.84. The van der Waals surface area contributed by atoms with Crippen LogP contribution in [0.25, 0.3) is 22.2 Å². The van der Waals surface area contributed by atoms with Crippen LogP contribution in [0.15, 0.2) is 42.5 Å². The van der Waals surface area contributed by atoms with Gasteiger partial charge in [0.25, 0.3) is 0 Å². The first-order valence-corrected chi connectivity index (χ1v) is 7.19. The molecule has 0 amide bonds. The lowest BCUT2D eigenvalue weighted by Crippen LogP contribution is -2.01. The van der Waals surface area contributed by atoms with Gasteiger partial charge in [0.05, 0.1) is 12.1 Å². The van der Waals surface area contributed by atoms with Crippen LogP contribution in [0.1, 0.15) is 18.1 Å². The summed E-state index contributed by atoms with van der Waals surface area (Å²) in [6, 6.07) is 12.2. The standard InChI is InChI=1S/C18H16FNO2/c1-2-11-6-7-16-14(8-11)15(10-17(21)22)18(20-16)12-4-3-5-13(19)9-12/h3-9,20H,2,10H2,1H3,(H,21,22). The fourth-order valence-corrected chi connectivity index (χ4v) is 2.74. The quantitative estimate of drug-likeness (QED) is 0.759. The van der Waals surface area contributed by atoms with Gasteiger partial charge in [-0.25, -0.2) is 4.39 Å². The third-order valence-corrected chi connectivity index (χ3v) is 3.82. The Morgan fingerprint density at radius 2 is 2.05 bits per heavy atom. The molecule has 1 heterocycles. The first kappa shape index (κ1) is 14.3. The van der Waals surface area contributed by atoms with Crippen molar-refractivity contribution < 1.29 is 14.3 Å². The Balaban J connectivity index is 2.26. The lowest BCUT2D eigenvalue weighted by Gasteiger charge is -2.03. The molecule has 2 aromatic carbocycles. The zero-order chi connectivity index (χ0) is 15.7. The second kappa shape index (κ2) is 5.64. The van der Waals surface area contributed by atoms with Crippen LogP contribution >= 0.6 is 0 Å². The molecule has 0 aliphatic rings. The number of nitrogens with one attached hydrogen (secondary N) is 1. The van der Waals surface area contributed by atoms with Crippen LogP contribution in [0.2, 0.25) is 0 Å². The van der Waals surface area contributed by atoms with Crippen molar-refractivity contribution in [1.29, 1.82) is 0 Å². The molecule has 0 saturated heterocycles. The van der Waals surface area contributed by atoms with Crippen molar-refractivity contribution >= 4 is 16.9 Å². The molecule has 0 unspecified atom stereocenters. The summed E-state index contributed by atoms with van der Waals surface area (Å²) in [6.45, 7) is 2.05. The first-order valence-electron chi connectivity index (χ1n) is 7.19. The number of rotatable bonds is 4. The maximum Gasteiger partial charge on any atom is 0.307 e. The average molecular weight is 297 g/mol. The normalized spacial score (nSPS) is 11.0. The van der Waals surface area contributed by atoms with E-state index in [4.69, 9.17) is 0 Å². The fraction of sp³-hybridized carbons (Fsp3) is 0.167. The van der Waals surface area contributed by atoms with E-state index in [1.165, 1.54) is 12.1 Å². The van der Waals surface area contributed by atoms with Gasteiger partial charge in [-0.2, -0.15) is 0 Å². The summed E-state index contributed by atoms with van der Waals surface area (Å²) < 4.78 is 13.5. The molecule has 0 fully saturated rings. The maximum atomic E-state index is 13.5. The summed E-state index contributed by atoms with van der Waals surface area (Å²) >= 11 is 0. The molecule has 0 bridgehead atoms. The minimum Gasteiger partial charge on any atom is -0.481 e. The van der Waals surface area contributed by atoms with Crippen LogP contribution < -0.4 is 0 Å². The highest BCUT2D eigenvalue weighted by Gasteiger charge is 2.16. The summed E-state index contributed by atoms with van der Waals surface area (Å²) in [7, 11) is 0. The number of carboxylic acid groups (broad SMARTS) is 1. The van der Waals surface area contributed by atoms with E-state index < -0.39 is 5.97 Å². The second-order valence-corrected chi connectivity index (χ2v) is 5.29. The van der Waals surface area contributed by atoms with E-state index in [-0.39, 0.29) is 12.2 Å². The van der Waals surface area contributed by atoms with Gasteiger partial charge in [-0.15, -0.1) is 0 Å². The van der Waals surface area contributed by atoms with E-state index >= 15 is 0 Å². The van der Waals surface area contributed by atoms with Crippen LogP contribution in [0.4, 0.5) is 4.39 Å². The van der Waals surface area contributed by atoms with Crippen LogP contribution in [0.5, 0.6) is 0 Å². The number of benzene rings is 2. The summed E-state index contributed by atoms with van der Waals surface area (Å²) in [5.41, 5.74) is 4.04. The Hall–Kier alpha value is -2.62. The molecule has 3 rings (SSSR count). The molecule has 0 atom stereocenters. The van der Waals surface area contributed by atoms with E-state index in [1.807, 2.05) is 18.2 Å². The Bertz CT molecular complexity index is 851. The molecule has 1 aromatic heterocycles. The van der Waals surface area contributed by atoms with E-state index in [0.717, 1.165) is 22.9 Å². The Morgan fingerprint density at radius 1 is 1.23 bits per heavy atom. The molecule has 0 aliphatic carbocycles. The predicted molar refractivity (Wildman–Crippen MR) is 84.4 cm³/mol. The van der Waals surface area contributed by atoms with Crippen molar-refractivity contribution in [3.05, 3.63) is 59.4 Å². The first-order chi connectivity index (χ1) is 10.6. The van der Waals surface area contributed by atoms with Crippen LogP contribution in [-0.4, -0.2) is 16.1 Å². The fourth-order valence-electron chi connectivity index (χ4n) is 2.74. The number of aromatic nitrogens is 1. The number of aryl methyl sites for hydroxylation is 1. The number of hydrogen-bond donors (Lipinski definition) is 2. The molecule has 22 heavy (non-hydrogen) atoms. The van der Waals surface area contributed by atoms with Gasteiger partial charge in [-0.3, -0.25) is 4.79 Å². The molecule has 112 valence electrons. The Morgan fingerprint density at radius 3 is 2.73 bits per heavy atom. The molecule has 0 radical (unpaired) electrons.